The molecule has 4 rings (SSSR count). The molecule has 6 nitrogen and oxygen atoms in total. The van der Waals surface area contributed by atoms with Gasteiger partial charge >= 0.3 is 0 Å². The zero-order valence-electron chi connectivity index (χ0n) is 20.3. The number of carbonyl (C=O) groups excluding carboxylic acids is 2. The van der Waals surface area contributed by atoms with Crippen molar-refractivity contribution in [1.82, 2.24) is 4.90 Å². The van der Waals surface area contributed by atoms with Crippen molar-refractivity contribution in [2.75, 3.05) is 43.5 Å². The number of benzene rings is 3. The van der Waals surface area contributed by atoms with Crippen molar-refractivity contribution in [3.8, 4) is 5.75 Å². The first kappa shape index (κ1) is 25.3. The van der Waals surface area contributed by atoms with E-state index in [2.05, 4.69) is 26.1 Å². The van der Waals surface area contributed by atoms with Gasteiger partial charge in [0.1, 0.15) is 5.75 Å². The van der Waals surface area contributed by atoms with E-state index in [1.807, 2.05) is 68.1 Å². The number of carbonyl (C=O) groups is 2. The van der Waals surface area contributed by atoms with Crippen molar-refractivity contribution in [3.05, 3.63) is 63.6 Å². The number of nitrogens with zero attached hydrogens (tertiary/aromatic N) is 2. The van der Waals surface area contributed by atoms with E-state index < -0.39 is 0 Å². The molecule has 1 aliphatic rings. The van der Waals surface area contributed by atoms with Gasteiger partial charge in [-0.05, 0) is 51.0 Å². The Balaban J connectivity index is 1.49. The molecule has 0 radical (unpaired) electrons. The molecule has 35 heavy (non-hydrogen) atoms. The van der Waals surface area contributed by atoms with Crippen LogP contribution in [0.5, 0.6) is 5.75 Å². The predicted molar refractivity (Wildman–Crippen MR) is 146 cm³/mol. The van der Waals surface area contributed by atoms with Crippen LogP contribution >= 0.6 is 27.5 Å². The summed E-state index contributed by atoms with van der Waals surface area (Å²) in [6.45, 7) is 8.54. The fraction of sp³-hybridized carbons (Fsp3) is 0.333. The van der Waals surface area contributed by atoms with Gasteiger partial charge in [-0.2, -0.15) is 0 Å². The Labute approximate surface area is 219 Å². The summed E-state index contributed by atoms with van der Waals surface area (Å²) in [4.78, 5) is 29.8. The zero-order valence-corrected chi connectivity index (χ0v) is 22.7. The van der Waals surface area contributed by atoms with E-state index in [9.17, 15) is 9.59 Å². The molecule has 3 aromatic carbocycles. The Morgan fingerprint density at radius 3 is 2.34 bits per heavy atom. The molecule has 1 fully saturated rings. The number of piperazine rings is 1. The molecule has 0 aromatic heterocycles. The molecular weight excluding hydrogens is 530 g/mol. The summed E-state index contributed by atoms with van der Waals surface area (Å²) in [6.07, 6.45) is 0. The van der Waals surface area contributed by atoms with E-state index >= 15 is 0 Å². The van der Waals surface area contributed by atoms with E-state index in [0.29, 0.717) is 48.2 Å². The normalized spacial score (nSPS) is 14.2. The van der Waals surface area contributed by atoms with E-state index in [1.54, 1.807) is 13.2 Å². The van der Waals surface area contributed by atoms with E-state index in [-0.39, 0.29) is 17.2 Å². The molecule has 2 amide bonds. The minimum absolute atomic E-state index is 0.164. The van der Waals surface area contributed by atoms with Crippen LogP contribution in [0.1, 0.15) is 31.1 Å². The van der Waals surface area contributed by atoms with Crippen LogP contribution in [0, 0.1) is 5.41 Å². The highest BCUT2D eigenvalue weighted by atomic mass is 79.9. The lowest BCUT2D eigenvalue weighted by molar-refractivity contribution is -0.139. The van der Waals surface area contributed by atoms with Crippen LogP contribution in [-0.4, -0.2) is 50.0 Å². The first-order valence-electron chi connectivity index (χ1n) is 11.5. The number of anilines is 2. The Bertz CT molecular complexity index is 1280. The second-order valence-corrected chi connectivity index (χ2v) is 10.8. The molecule has 0 bridgehead atoms. The fourth-order valence-electron chi connectivity index (χ4n) is 4.32. The largest absolute Gasteiger partial charge is 0.495 e. The number of ether oxygens (including phenoxy) is 1. The maximum Gasteiger partial charge on any atom is 0.259 e. The molecule has 0 spiro atoms. The minimum atomic E-state index is -0.386. The summed E-state index contributed by atoms with van der Waals surface area (Å²) in [6, 6.07) is 15.1. The summed E-state index contributed by atoms with van der Waals surface area (Å²) >= 11 is 10.2. The number of rotatable bonds is 4. The molecule has 1 saturated heterocycles. The van der Waals surface area contributed by atoms with E-state index in [0.717, 1.165) is 20.9 Å². The average molecular weight is 559 g/mol. The standard InChI is InChI=1S/C27H29BrClN3O3/c1-27(2,3)26(34)32-13-11-31(12-14-32)22-10-9-18(16-21(22)29)30-25(33)20-15-17-7-5-6-8-19(17)23(28)24(20)35-4/h5-10,15-16H,11-14H2,1-4H3,(H,30,33). The minimum Gasteiger partial charge on any atom is -0.495 e. The monoisotopic (exact) mass is 557 g/mol. The highest BCUT2D eigenvalue weighted by Gasteiger charge is 2.30. The van der Waals surface area contributed by atoms with Gasteiger partial charge in [-0.25, -0.2) is 0 Å². The van der Waals surface area contributed by atoms with Gasteiger partial charge in [0.2, 0.25) is 5.91 Å². The third-order valence-corrected chi connectivity index (χ3v) is 7.23. The van der Waals surface area contributed by atoms with Gasteiger partial charge in [0.05, 0.1) is 27.9 Å². The number of methoxy groups -OCH3 is 1. The predicted octanol–water partition coefficient (Wildman–Crippen LogP) is 6.21. The maximum atomic E-state index is 13.2. The Hall–Kier alpha value is -2.77. The van der Waals surface area contributed by atoms with Gasteiger partial charge < -0.3 is 19.9 Å². The lowest BCUT2D eigenvalue weighted by Crippen LogP contribution is -2.51. The molecule has 0 unspecified atom stereocenters. The molecule has 0 aliphatic carbocycles. The molecule has 0 saturated carbocycles. The number of fused-ring (bicyclic) bond motifs is 1. The highest BCUT2D eigenvalue weighted by molar-refractivity contribution is 9.10. The Kier molecular flexibility index (Phi) is 7.29. The molecule has 1 N–H and O–H groups in total. The first-order chi connectivity index (χ1) is 16.6. The molecule has 8 heteroatoms. The Morgan fingerprint density at radius 1 is 1.03 bits per heavy atom. The van der Waals surface area contributed by atoms with Gasteiger partial charge in [0.25, 0.3) is 5.91 Å². The number of hydrogen-bond acceptors (Lipinski definition) is 4. The van der Waals surface area contributed by atoms with E-state index in [4.69, 9.17) is 16.3 Å². The summed E-state index contributed by atoms with van der Waals surface area (Å²) in [5.41, 5.74) is 1.52. The summed E-state index contributed by atoms with van der Waals surface area (Å²) in [5.74, 6) is 0.357. The van der Waals surface area contributed by atoms with E-state index in [1.165, 1.54) is 0 Å². The van der Waals surface area contributed by atoms with Gasteiger partial charge in [-0.3, -0.25) is 9.59 Å². The van der Waals surface area contributed by atoms with Crippen molar-refractivity contribution in [1.29, 1.82) is 0 Å². The molecule has 184 valence electrons. The quantitative estimate of drug-likeness (QED) is 0.413. The molecule has 0 atom stereocenters. The number of hydrogen-bond donors (Lipinski definition) is 1. The summed E-state index contributed by atoms with van der Waals surface area (Å²) in [7, 11) is 1.55. The second-order valence-electron chi connectivity index (χ2n) is 9.64. The SMILES string of the molecule is COc1c(C(=O)Nc2ccc(N3CCN(C(=O)C(C)(C)C)CC3)c(Cl)c2)cc2ccccc2c1Br. The van der Waals surface area contributed by atoms with Crippen molar-refractivity contribution in [2.24, 2.45) is 5.41 Å². The van der Waals surface area contributed by atoms with Crippen LogP contribution < -0.4 is 15.0 Å². The number of halogens is 2. The molecule has 1 aliphatic heterocycles. The van der Waals surface area contributed by atoms with Crippen LogP contribution in [0.4, 0.5) is 11.4 Å². The van der Waals surface area contributed by atoms with Gasteiger partial charge in [-0.15, -0.1) is 0 Å². The smallest absolute Gasteiger partial charge is 0.259 e. The third kappa shape index (κ3) is 5.26. The topological polar surface area (TPSA) is 61.9 Å². The van der Waals surface area contributed by atoms with Crippen LogP contribution in [0.3, 0.4) is 0 Å². The number of amides is 2. The van der Waals surface area contributed by atoms with Crippen LogP contribution in [0.15, 0.2) is 53.0 Å². The lowest BCUT2D eigenvalue weighted by atomic mass is 9.94. The summed E-state index contributed by atoms with van der Waals surface area (Å²) in [5, 5.41) is 5.39. The van der Waals surface area contributed by atoms with Crippen molar-refractivity contribution in [2.45, 2.75) is 20.8 Å². The van der Waals surface area contributed by atoms with Crippen molar-refractivity contribution in [3.63, 3.8) is 0 Å². The van der Waals surface area contributed by atoms with Crippen LogP contribution in [0.25, 0.3) is 10.8 Å². The fourth-order valence-corrected chi connectivity index (χ4v) is 5.35. The van der Waals surface area contributed by atoms with Crippen LogP contribution in [-0.2, 0) is 4.79 Å². The van der Waals surface area contributed by atoms with Crippen molar-refractivity contribution >= 4 is 61.5 Å². The first-order valence-corrected chi connectivity index (χ1v) is 12.7. The maximum absolute atomic E-state index is 13.2. The highest BCUT2D eigenvalue weighted by Crippen LogP contribution is 2.37. The van der Waals surface area contributed by atoms with Crippen LogP contribution in [0.2, 0.25) is 5.02 Å². The number of nitrogens with one attached hydrogen (secondary N) is 1. The van der Waals surface area contributed by atoms with Crippen molar-refractivity contribution < 1.29 is 14.3 Å². The second kappa shape index (κ2) is 10.1. The molecule has 3 aromatic rings. The van der Waals surface area contributed by atoms with Gasteiger partial charge in [0.15, 0.2) is 0 Å². The zero-order chi connectivity index (χ0) is 25.3. The van der Waals surface area contributed by atoms with Gasteiger partial charge in [-0.1, -0.05) is 56.6 Å². The average Bonchev–Trinajstić information content (AvgIpc) is 2.83. The Morgan fingerprint density at radius 2 is 1.71 bits per heavy atom. The lowest BCUT2D eigenvalue weighted by Gasteiger charge is -2.39. The molecule has 1 heterocycles. The third-order valence-electron chi connectivity index (χ3n) is 6.14. The van der Waals surface area contributed by atoms with Gasteiger partial charge in [0, 0.05) is 37.3 Å². The summed E-state index contributed by atoms with van der Waals surface area (Å²) < 4.78 is 6.28. The molecular formula is C27H29BrClN3O3.